The van der Waals surface area contributed by atoms with Gasteiger partial charge in [0.05, 0.1) is 25.3 Å². The largest absolute Gasteiger partial charge is 0.481 e. The van der Waals surface area contributed by atoms with Gasteiger partial charge in [0.1, 0.15) is 11.4 Å². The van der Waals surface area contributed by atoms with Crippen LogP contribution in [-0.2, 0) is 6.54 Å². The molecule has 170 valence electrons. The average molecular weight is 438 g/mol. The molecule has 1 spiro atoms. The van der Waals surface area contributed by atoms with Crippen molar-refractivity contribution >= 4 is 17.4 Å². The first-order chi connectivity index (χ1) is 15.2. The van der Waals surface area contributed by atoms with Gasteiger partial charge in [-0.25, -0.2) is 0 Å². The Hall–Kier alpha value is -3.13. The van der Waals surface area contributed by atoms with Crippen molar-refractivity contribution in [1.82, 2.24) is 15.2 Å². The van der Waals surface area contributed by atoms with Crippen LogP contribution in [0.5, 0.6) is 11.8 Å². The van der Waals surface area contributed by atoms with Crippen molar-refractivity contribution in [3.8, 4) is 11.8 Å². The summed E-state index contributed by atoms with van der Waals surface area (Å²) in [5.41, 5.74) is 1.92. The fraction of sp³-hybridized carbons (Fsp3) is 0.458. The van der Waals surface area contributed by atoms with Gasteiger partial charge in [0.15, 0.2) is 0 Å². The number of amidine groups is 1. The molecule has 2 aliphatic rings. The number of methoxy groups -OCH3 is 2. The van der Waals surface area contributed by atoms with E-state index < -0.39 is 5.54 Å². The molecule has 2 aliphatic heterocycles. The Balaban J connectivity index is 1.66. The van der Waals surface area contributed by atoms with Crippen LogP contribution in [0, 0.1) is 0 Å². The lowest BCUT2D eigenvalue weighted by Gasteiger charge is -2.32. The SMILES string of the molecule is COc1ccc(C(=O)N2CCC3(C2)NCc2ccccc2NC3=NC(C)(C)C)c(OC)n1. The summed E-state index contributed by atoms with van der Waals surface area (Å²) < 4.78 is 10.5. The van der Waals surface area contributed by atoms with Crippen LogP contribution < -0.4 is 20.1 Å². The smallest absolute Gasteiger partial charge is 0.259 e. The first kappa shape index (κ1) is 22.1. The lowest BCUT2D eigenvalue weighted by molar-refractivity contribution is 0.0781. The summed E-state index contributed by atoms with van der Waals surface area (Å²) in [5, 5.41) is 7.30. The minimum absolute atomic E-state index is 0.118. The molecular formula is C24H31N5O3. The highest BCUT2D eigenvalue weighted by Gasteiger charge is 2.46. The number of ether oxygens (including phenoxy) is 2. The number of amides is 1. The van der Waals surface area contributed by atoms with Crippen LogP contribution in [0.2, 0.25) is 0 Å². The molecule has 1 atom stereocenters. The van der Waals surface area contributed by atoms with Crippen molar-refractivity contribution in [3.63, 3.8) is 0 Å². The summed E-state index contributed by atoms with van der Waals surface area (Å²) in [5.74, 6) is 1.42. The Kier molecular flexibility index (Phi) is 5.81. The van der Waals surface area contributed by atoms with Gasteiger partial charge in [0, 0.05) is 31.4 Å². The Morgan fingerprint density at radius 2 is 1.94 bits per heavy atom. The van der Waals surface area contributed by atoms with E-state index in [2.05, 4.69) is 48.5 Å². The van der Waals surface area contributed by atoms with Crippen LogP contribution in [0.25, 0.3) is 0 Å². The number of rotatable bonds is 3. The zero-order valence-corrected chi connectivity index (χ0v) is 19.4. The summed E-state index contributed by atoms with van der Waals surface area (Å²) in [6.45, 7) is 8.04. The Morgan fingerprint density at radius 3 is 2.66 bits per heavy atom. The number of aliphatic imine (C=N–C) groups is 1. The van der Waals surface area contributed by atoms with E-state index in [1.165, 1.54) is 19.8 Å². The Bertz CT molecular complexity index is 1050. The molecule has 8 nitrogen and oxygen atoms in total. The topological polar surface area (TPSA) is 88.1 Å². The summed E-state index contributed by atoms with van der Waals surface area (Å²) >= 11 is 0. The van der Waals surface area contributed by atoms with Crippen molar-refractivity contribution in [2.45, 2.75) is 44.8 Å². The number of anilines is 1. The zero-order chi connectivity index (χ0) is 22.9. The third-order valence-electron chi connectivity index (χ3n) is 5.81. The van der Waals surface area contributed by atoms with E-state index in [1.54, 1.807) is 12.1 Å². The van der Waals surface area contributed by atoms with E-state index >= 15 is 0 Å². The van der Waals surface area contributed by atoms with Crippen LogP contribution in [0.4, 0.5) is 5.69 Å². The molecular weight excluding hydrogens is 406 g/mol. The number of fused-ring (bicyclic) bond motifs is 1. The summed E-state index contributed by atoms with van der Waals surface area (Å²) in [6, 6.07) is 11.6. The average Bonchev–Trinajstić information content (AvgIpc) is 3.15. The van der Waals surface area contributed by atoms with E-state index in [0.29, 0.717) is 31.1 Å². The summed E-state index contributed by atoms with van der Waals surface area (Å²) in [4.78, 5) is 24.6. The standard InChI is InChI=1S/C24H31N5O3/c1-23(2,3)28-22-24(25-14-16-8-6-7-9-18(16)26-22)12-13-29(15-24)21(30)17-10-11-19(31-4)27-20(17)32-5/h6-11,25H,12-15H2,1-5H3,(H,26,28). The predicted octanol–water partition coefficient (Wildman–Crippen LogP) is 3.10. The molecule has 8 heteroatoms. The highest BCUT2D eigenvalue weighted by molar-refractivity contribution is 6.05. The normalized spacial score (nSPS) is 21.8. The van der Waals surface area contributed by atoms with Gasteiger partial charge >= 0.3 is 0 Å². The number of likely N-dealkylation sites (tertiary alicyclic amines) is 1. The second kappa shape index (κ2) is 8.43. The second-order valence-corrected chi connectivity index (χ2v) is 9.24. The van der Waals surface area contributed by atoms with Gasteiger partial charge in [-0.05, 0) is 44.9 Å². The maximum atomic E-state index is 13.4. The molecule has 1 aromatic carbocycles. The first-order valence-corrected chi connectivity index (χ1v) is 10.8. The number of carbonyl (C=O) groups excluding carboxylic acids is 1. The number of nitrogens with one attached hydrogen (secondary N) is 2. The molecule has 1 unspecified atom stereocenters. The molecule has 3 heterocycles. The Labute approximate surface area is 189 Å². The van der Waals surface area contributed by atoms with Gasteiger partial charge in [-0.1, -0.05) is 18.2 Å². The van der Waals surface area contributed by atoms with E-state index in [0.717, 1.165) is 17.9 Å². The predicted molar refractivity (Wildman–Crippen MR) is 125 cm³/mol. The maximum absolute atomic E-state index is 13.4. The van der Waals surface area contributed by atoms with E-state index in [9.17, 15) is 4.79 Å². The minimum Gasteiger partial charge on any atom is -0.481 e. The van der Waals surface area contributed by atoms with Crippen molar-refractivity contribution in [2.75, 3.05) is 32.6 Å². The zero-order valence-electron chi connectivity index (χ0n) is 19.4. The van der Waals surface area contributed by atoms with Crippen molar-refractivity contribution in [1.29, 1.82) is 0 Å². The van der Waals surface area contributed by atoms with Gasteiger partial charge in [0.25, 0.3) is 5.91 Å². The first-order valence-electron chi connectivity index (χ1n) is 10.8. The van der Waals surface area contributed by atoms with Crippen LogP contribution in [0.1, 0.15) is 43.1 Å². The van der Waals surface area contributed by atoms with Gasteiger partial charge in [-0.3, -0.25) is 15.1 Å². The lowest BCUT2D eigenvalue weighted by Crippen LogP contribution is -2.56. The van der Waals surface area contributed by atoms with Gasteiger partial charge in [-0.15, -0.1) is 0 Å². The maximum Gasteiger partial charge on any atom is 0.259 e. The number of aromatic nitrogens is 1. The number of pyridine rings is 1. The second-order valence-electron chi connectivity index (χ2n) is 9.24. The molecule has 2 N–H and O–H groups in total. The van der Waals surface area contributed by atoms with Crippen molar-refractivity contribution in [3.05, 3.63) is 47.5 Å². The molecule has 1 saturated heterocycles. The van der Waals surface area contributed by atoms with Crippen molar-refractivity contribution in [2.24, 2.45) is 4.99 Å². The number of para-hydroxylation sites is 1. The molecule has 0 saturated carbocycles. The molecule has 2 aromatic rings. The third-order valence-corrected chi connectivity index (χ3v) is 5.81. The van der Waals surface area contributed by atoms with Gasteiger partial charge < -0.3 is 19.7 Å². The Morgan fingerprint density at radius 1 is 1.16 bits per heavy atom. The molecule has 0 aliphatic carbocycles. The summed E-state index contributed by atoms with van der Waals surface area (Å²) in [7, 11) is 3.04. The fourth-order valence-corrected chi connectivity index (χ4v) is 4.21. The van der Waals surface area contributed by atoms with E-state index in [4.69, 9.17) is 14.5 Å². The molecule has 1 aromatic heterocycles. The molecule has 4 rings (SSSR count). The molecule has 0 radical (unpaired) electrons. The molecule has 32 heavy (non-hydrogen) atoms. The quantitative estimate of drug-likeness (QED) is 0.767. The number of carbonyl (C=O) groups is 1. The highest BCUT2D eigenvalue weighted by Crippen LogP contribution is 2.32. The van der Waals surface area contributed by atoms with Crippen molar-refractivity contribution < 1.29 is 14.3 Å². The van der Waals surface area contributed by atoms with Crippen LogP contribution in [0.3, 0.4) is 0 Å². The number of hydrogen-bond donors (Lipinski definition) is 2. The number of nitrogens with zero attached hydrogens (tertiary/aromatic N) is 3. The molecule has 1 fully saturated rings. The third kappa shape index (κ3) is 4.27. The highest BCUT2D eigenvalue weighted by atomic mass is 16.5. The molecule has 0 bridgehead atoms. The van der Waals surface area contributed by atoms with Crippen LogP contribution in [0.15, 0.2) is 41.4 Å². The summed E-state index contributed by atoms with van der Waals surface area (Å²) in [6.07, 6.45) is 0.751. The molecule has 1 amide bonds. The van der Waals surface area contributed by atoms with Crippen LogP contribution >= 0.6 is 0 Å². The number of hydrogen-bond acceptors (Lipinski definition) is 6. The van der Waals surface area contributed by atoms with Gasteiger partial charge in [-0.2, -0.15) is 4.98 Å². The van der Waals surface area contributed by atoms with E-state index in [1.807, 2.05) is 17.0 Å². The number of benzene rings is 1. The van der Waals surface area contributed by atoms with Crippen LogP contribution in [-0.4, -0.2) is 60.0 Å². The monoisotopic (exact) mass is 437 g/mol. The lowest BCUT2D eigenvalue weighted by atomic mass is 9.95. The minimum atomic E-state index is -0.463. The van der Waals surface area contributed by atoms with Gasteiger partial charge in [0.2, 0.25) is 11.8 Å². The van der Waals surface area contributed by atoms with E-state index in [-0.39, 0.29) is 17.3 Å². The fourth-order valence-electron chi connectivity index (χ4n) is 4.21.